The number of esters is 1. The highest BCUT2D eigenvalue weighted by molar-refractivity contribution is 5.73. The van der Waals surface area contributed by atoms with Gasteiger partial charge in [-0.25, -0.2) is 0 Å². The van der Waals surface area contributed by atoms with Gasteiger partial charge in [0.2, 0.25) is 0 Å². The van der Waals surface area contributed by atoms with Gasteiger partial charge in [0.25, 0.3) is 0 Å². The van der Waals surface area contributed by atoms with E-state index in [9.17, 15) is 35.4 Å². The molecule has 3 rings (SSSR count). The first-order chi connectivity index (χ1) is 32.3. The molecule has 0 aromatic heterocycles. The number of nitrogens with zero attached hydrogens (tertiary/aromatic N) is 2. The quantitative estimate of drug-likeness (QED) is 0.0527. The SMILES string of the molecule is CC[C@H]1OC(=O)[C@H](C)[C@@H](O[C@H]2C[C@@](C)(OC)[C@@H](O)[C@H](C)O2)[C@H](C)[C@@H](O[C@@H]2O[C@H](C)CC(N(C)CC(O)CCCCCNCCCCNCCCN)[C@H]2O)[C@](C)(O)C[C@@H](C)CN(C)[C@H](C)[C@@H](O)[C@]1(C)O. The lowest BCUT2D eigenvalue weighted by molar-refractivity contribution is -0.318. The Balaban J connectivity index is 1.87. The van der Waals surface area contributed by atoms with E-state index in [0.717, 1.165) is 64.7 Å². The summed E-state index contributed by atoms with van der Waals surface area (Å²) in [5.74, 6) is -2.76. The fourth-order valence-corrected chi connectivity index (χ4v) is 11.0. The number of nitrogens with one attached hydrogen (secondary N) is 2. The van der Waals surface area contributed by atoms with Crippen LogP contribution in [0.2, 0.25) is 0 Å². The van der Waals surface area contributed by atoms with E-state index in [1.807, 2.05) is 44.7 Å². The molecule has 69 heavy (non-hydrogen) atoms. The number of cyclic esters (lactones) is 1. The van der Waals surface area contributed by atoms with Crippen molar-refractivity contribution in [3.05, 3.63) is 0 Å². The predicted octanol–water partition coefficient (Wildman–Crippen LogP) is 2.50. The van der Waals surface area contributed by atoms with E-state index in [2.05, 4.69) is 10.6 Å². The number of carbonyl (C=O) groups excluding carboxylic acids is 1. The first kappa shape index (κ1) is 62.1. The van der Waals surface area contributed by atoms with E-state index >= 15 is 0 Å². The molecule has 18 heteroatoms. The summed E-state index contributed by atoms with van der Waals surface area (Å²) in [5.41, 5.74) is 1.04. The van der Waals surface area contributed by atoms with Gasteiger partial charge in [-0.3, -0.25) is 9.69 Å². The molecule has 3 aliphatic heterocycles. The van der Waals surface area contributed by atoms with Gasteiger partial charge in [-0.1, -0.05) is 33.6 Å². The van der Waals surface area contributed by atoms with E-state index in [0.29, 0.717) is 32.5 Å². The van der Waals surface area contributed by atoms with Crippen LogP contribution in [0, 0.1) is 17.8 Å². The minimum Gasteiger partial charge on any atom is -0.459 e. The largest absolute Gasteiger partial charge is 0.459 e. The maximum absolute atomic E-state index is 14.4. The molecular weight excluding hydrogens is 891 g/mol. The molecule has 10 N–H and O–H groups in total. The average Bonchev–Trinajstić information content (AvgIpc) is 3.28. The molecule has 0 aromatic rings. The summed E-state index contributed by atoms with van der Waals surface area (Å²) in [6.45, 7) is 23.0. The first-order valence-corrected chi connectivity index (χ1v) is 26.4. The molecule has 0 saturated carbocycles. The van der Waals surface area contributed by atoms with Crippen LogP contribution in [0.25, 0.3) is 0 Å². The third-order valence-corrected chi connectivity index (χ3v) is 15.5. The van der Waals surface area contributed by atoms with Crippen LogP contribution >= 0.6 is 0 Å². The van der Waals surface area contributed by atoms with Crippen molar-refractivity contribution >= 4 is 5.97 Å². The van der Waals surface area contributed by atoms with Gasteiger partial charge in [-0.05, 0) is 153 Å². The third-order valence-electron chi connectivity index (χ3n) is 15.5. The molecule has 0 aromatic carbocycles. The van der Waals surface area contributed by atoms with Gasteiger partial charge < -0.3 is 80.3 Å². The Kier molecular flexibility index (Phi) is 26.2. The van der Waals surface area contributed by atoms with Crippen LogP contribution in [-0.4, -0.2) is 210 Å². The molecule has 0 radical (unpaired) electrons. The second kappa shape index (κ2) is 29.1. The van der Waals surface area contributed by atoms with Crippen LogP contribution in [0.5, 0.6) is 0 Å². The number of aliphatic hydroxyl groups excluding tert-OH is 4. The number of unbranched alkanes of at least 4 members (excludes halogenated alkanes) is 3. The van der Waals surface area contributed by atoms with Gasteiger partial charge in [-0.2, -0.15) is 0 Å². The van der Waals surface area contributed by atoms with Crippen molar-refractivity contribution in [3.63, 3.8) is 0 Å². The molecule has 0 bridgehead atoms. The van der Waals surface area contributed by atoms with Crippen LogP contribution in [-0.2, 0) is 33.2 Å². The Labute approximate surface area is 416 Å². The summed E-state index contributed by atoms with van der Waals surface area (Å²) in [5, 5.41) is 77.6. The minimum atomic E-state index is -1.83. The molecule has 3 fully saturated rings. The molecule has 3 heterocycles. The Morgan fingerprint density at radius 3 is 2.09 bits per heavy atom. The monoisotopic (exact) mass is 992 g/mol. The van der Waals surface area contributed by atoms with Gasteiger partial charge >= 0.3 is 5.97 Å². The van der Waals surface area contributed by atoms with E-state index < -0.39 is 108 Å². The highest BCUT2D eigenvalue weighted by Gasteiger charge is 2.53. The van der Waals surface area contributed by atoms with Crippen molar-refractivity contribution in [3.8, 4) is 0 Å². The van der Waals surface area contributed by atoms with Gasteiger partial charge in [0.15, 0.2) is 12.6 Å². The van der Waals surface area contributed by atoms with Gasteiger partial charge in [0.05, 0.1) is 47.6 Å². The number of carbonyl (C=O) groups is 1. The summed E-state index contributed by atoms with van der Waals surface area (Å²) in [7, 11) is 5.23. The number of aliphatic hydroxyl groups is 6. The van der Waals surface area contributed by atoms with Gasteiger partial charge in [0.1, 0.15) is 30.0 Å². The highest BCUT2D eigenvalue weighted by atomic mass is 16.7. The number of ether oxygens (including phenoxy) is 6. The van der Waals surface area contributed by atoms with Crippen molar-refractivity contribution < 1.29 is 63.9 Å². The molecule has 18 nitrogen and oxygen atoms in total. The van der Waals surface area contributed by atoms with Crippen LogP contribution in [0.4, 0.5) is 0 Å². The topological polar surface area (TPSA) is 250 Å². The molecule has 0 amide bonds. The molecular formula is C51H101N5O13. The molecule has 3 aliphatic rings. The number of hydrogen-bond donors (Lipinski definition) is 9. The lowest BCUT2D eigenvalue weighted by Gasteiger charge is -2.49. The lowest BCUT2D eigenvalue weighted by atomic mass is 9.77. The van der Waals surface area contributed by atoms with Crippen molar-refractivity contribution in [1.82, 2.24) is 20.4 Å². The zero-order chi connectivity index (χ0) is 51.9. The van der Waals surface area contributed by atoms with Crippen molar-refractivity contribution in [2.75, 3.05) is 67.0 Å². The molecule has 19 atom stereocenters. The zero-order valence-corrected chi connectivity index (χ0v) is 45.0. The third kappa shape index (κ3) is 18.0. The van der Waals surface area contributed by atoms with E-state index in [1.165, 1.54) is 14.0 Å². The van der Waals surface area contributed by atoms with Gasteiger partial charge in [0, 0.05) is 44.6 Å². The number of nitrogens with two attached hydrogens (primary N) is 1. The fraction of sp³-hybridized carbons (Fsp3) is 0.980. The molecule has 3 saturated heterocycles. The maximum Gasteiger partial charge on any atom is 0.311 e. The summed E-state index contributed by atoms with van der Waals surface area (Å²) >= 11 is 0. The second-order valence-corrected chi connectivity index (χ2v) is 22.0. The summed E-state index contributed by atoms with van der Waals surface area (Å²) in [4.78, 5) is 18.3. The van der Waals surface area contributed by atoms with E-state index in [1.54, 1.807) is 41.5 Å². The van der Waals surface area contributed by atoms with Crippen LogP contribution in [0.15, 0.2) is 0 Å². The van der Waals surface area contributed by atoms with E-state index in [4.69, 9.17) is 34.2 Å². The summed E-state index contributed by atoms with van der Waals surface area (Å²) < 4.78 is 38.2. The number of likely N-dealkylation sites (N-methyl/N-ethyl adjacent to an activating group) is 2. The summed E-state index contributed by atoms with van der Waals surface area (Å²) in [6, 6.07) is -1.02. The van der Waals surface area contributed by atoms with Gasteiger partial charge in [-0.15, -0.1) is 0 Å². The fourth-order valence-electron chi connectivity index (χ4n) is 11.0. The Hall–Kier alpha value is -1.17. The molecule has 2 unspecified atom stereocenters. The highest BCUT2D eigenvalue weighted by Crippen LogP contribution is 2.40. The first-order valence-electron chi connectivity index (χ1n) is 26.4. The normalized spacial score (nSPS) is 40.8. The van der Waals surface area contributed by atoms with Crippen LogP contribution in [0.3, 0.4) is 0 Å². The summed E-state index contributed by atoms with van der Waals surface area (Å²) in [6.07, 6.45) is -2.83. The Bertz CT molecular complexity index is 1450. The standard InChI is InChI=1S/C51H101N5O13/c1-14-40-51(10,63)44(59)36(6)55(11)30-32(2)28-49(8,62)46(34(4)43(35(5)47(61)67-40)68-41-29-50(9,64-13)45(60)37(7)66-41)69-48-42(58)39(27-33(3)65-48)56(12)31-38(57)21-16-15-17-23-53-24-18-19-25-54-26-20-22-52/h32-46,48,53-54,57-60,62-63H,14-31,52H2,1-13H3/t32-,33-,34+,35-,36-,37+,38?,39?,40-,41+,42-,43+,44-,45+,46-,48+,49-,50-,51-/m1/s1. The number of hydrogen-bond acceptors (Lipinski definition) is 18. The van der Waals surface area contributed by atoms with Crippen LogP contribution < -0.4 is 16.4 Å². The number of methoxy groups -OCH3 is 1. The maximum atomic E-state index is 14.4. The van der Waals surface area contributed by atoms with Crippen molar-refractivity contribution in [2.45, 2.75) is 236 Å². The second-order valence-electron chi connectivity index (χ2n) is 22.0. The van der Waals surface area contributed by atoms with Crippen LogP contribution in [0.1, 0.15) is 140 Å². The molecule has 0 aliphatic carbocycles. The minimum absolute atomic E-state index is 0.107. The predicted molar refractivity (Wildman–Crippen MR) is 266 cm³/mol. The zero-order valence-electron chi connectivity index (χ0n) is 45.0. The van der Waals surface area contributed by atoms with E-state index in [-0.39, 0.29) is 31.3 Å². The average molecular weight is 992 g/mol. The van der Waals surface area contributed by atoms with Crippen molar-refractivity contribution in [1.29, 1.82) is 0 Å². The molecule has 0 spiro atoms. The molecule has 408 valence electrons. The van der Waals surface area contributed by atoms with Crippen molar-refractivity contribution in [2.24, 2.45) is 23.5 Å². The Morgan fingerprint density at radius 1 is 0.884 bits per heavy atom. The Morgan fingerprint density at radius 2 is 1.49 bits per heavy atom. The number of rotatable bonds is 23. The smallest absolute Gasteiger partial charge is 0.311 e. The lowest BCUT2D eigenvalue weighted by Crippen LogP contribution is -2.61.